The first kappa shape index (κ1) is 14.8. The van der Waals surface area contributed by atoms with Crippen LogP contribution in [0.3, 0.4) is 0 Å². The van der Waals surface area contributed by atoms with Crippen molar-refractivity contribution in [3.05, 3.63) is 46.6 Å². The lowest BCUT2D eigenvalue weighted by atomic mass is 10.1. The summed E-state index contributed by atoms with van der Waals surface area (Å²) in [6.45, 7) is 2.52. The molecular formula is C17H12O6. The van der Waals surface area contributed by atoms with E-state index in [0.29, 0.717) is 11.2 Å². The number of hydrogen-bond donors (Lipinski definition) is 0. The molecule has 0 saturated carbocycles. The first-order valence-corrected chi connectivity index (χ1v) is 6.82. The average Bonchev–Trinajstić information content (AvgIpc) is 2.47. The molecule has 0 aliphatic rings. The third kappa shape index (κ3) is 2.78. The summed E-state index contributed by atoms with van der Waals surface area (Å²) in [4.78, 5) is 35.0. The normalized spacial score (nSPS) is 10.7. The van der Waals surface area contributed by atoms with Gasteiger partial charge in [-0.3, -0.25) is 14.4 Å². The Morgan fingerprint density at radius 3 is 2.39 bits per heavy atom. The summed E-state index contributed by atoms with van der Waals surface area (Å²) in [6.07, 6.45) is 0. The van der Waals surface area contributed by atoms with E-state index in [1.54, 1.807) is 18.2 Å². The van der Waals surface area contributed by atoms with Gasteiger partial charge in [0, 0.05) is 13.8 Å². The topological polar surface area (TPSA) is 82.8 Å². The van der Waals surface area contributed by atoms with E-state index in [2.05, 4.69) is 0 Å². The minimum Gasteiger partial charge on any atom is -0.456 e. The van der Waals surface area contributed by atoms with Gasteiger partial charge < -0.3 is 13.9 Å². The van der Waals surface area contributed by atoms with Crippen LogP contribution in [-0.4, -0.2) is 11.9 Å². The Hall–Kier alpha value is -3.15. The third-order valence-electron chi connectivity index (χ3n) is 3.15. The highest BCUT2D eigenvalue weighted by Crippen LogP contribution is 2.28. The van der Waals surface area contributed by atoms with Crippen LogP contribution in [0.4, 0.5) is 0 Å². The molecule has 0 N–H and O–H groups in total. The second-order valence-corrected chi connectivity index (χ2v) is 4.91. The Morgan fingerprint density at radius 2 is 1.70 bits per heavy atom. The second-order valence-electron chi connectivity index (χ2n) is 4.91. The standard InChI is InChI=1S/C17H12O6/c1-9(18)21-11-6-7-13-12(8-11)17(20)16-14(22-10(2)19)4-3-5-15(16)23-13/h3-8H,1-2H3. The van der Waals surface area contributed by atoms with Crippen molar-refractivity contribution in [1.29, 1.82) is 0 Å². The predicted octanol–water partition coefficient (Wildman–Crippen LogP) is 2.80. The average molecular weight is 312 g/mol. The van der Waals surface area contributed by atoms with E-state index in [4.69, 9.17) is 13.9 Å². The largest absolute Gasteiger partial charge is 0.456 e. The number of esters is 2. The molecule has 0 amide bonds. The maximum Gasteiger partial charge on any atom is 0.308 e. The van der Waals surface area contributed by atoms with Gasteiger partial charge in [0.1, 0.15) is 28.1 Å². The lowest BCUT2D eigenvalue weighted by Gasteiger charge is -2.07. The number of fused-ring (bicyclic) bond motifs is 2. The van der Waals surface area contributed by atoms with Crippen LogP contribution in [0.2, 0.25) is 0 Å². The molecule has 1 aromatic heterocycles. The molecule has 3 aromatic rings. The summed E-state index contributed by atoms with van der Waals surface area (Å²) in [5, 5.41) is 0.394. The second kappa shape index (κ2) is 5.57. The van der Waals surface area contributed by atoms with Gasteiger partial charge in [-0.2, -0.15) is 0 Å². The molecule has 1 heterocycles. The molecule has 116 valence electrons. The van der Waals surface area contributed by atoms with E-state index >= 15 is 0 Å². The molecule has 0 fully saturated rings. The van der Waals surface area contributed by atoms with Crippen LogP contribution in [-0.2, 0) is 9.59 Å². The van der Waals surface area contributed by atoms with Gasteiger partial charge in [0.15, 0.2) is 0 Å². The van der Waals surface area contributed by atoms with Crippen LogP contribution in [0.5, 0.6) is 11.5 Å². The van der Waals surface area contributed by atoms with Gasteiger partial charge in [0.2, 0.25) is 5.43 Å². The highest BCUT2D eigenvalue weighted by atomic mass is 16.5. The molecule has 0 spiro atoms. The van der Waals surface area contributed by atoms with Crippen LogP contribution >= 0.6 is 0 Å². The van der Waals surface area contributed by atoms with Gasteiger partial charge in [0.25, 0.3) is 0 Å². The van der Waals surface area contributed by atoms with Gasteiger partial charge in [-0.05, 0) is 30.3 Å². The summed E-state index contributed by atoms with van der Waals surface area (Å²) in [6, 6.07) is 9.27. The van der Waals surface area contributed by atoms with E-state index < -0.39 is 11.9 Å². The number of rotatable bonds is 2. The fraction of sp³-hybridized carbons (Fsp3) is 0.118. The molecule has 6 nitrogen and oxygen atoms in total. The maximum atomic E-state index is 12.7. The van der Waals surface area contributed by atoms with E-state index in [0.717, 1.165) is 0 Å². The van der Waals surface area contributed by atoms with Gasteiger partial charge in [-0.25, -0.2) is 0 Å². The Bertz CT molecular complexity index is 999. The number of ether oxygens (including phenoxy) is 2. The molecule has 2 aromatic carbocycles. The number of carbonyl (C=O) groups excluding carboxylic acids is 2. The molecule has 0 bridgehead atoms. The van der Waals surface area contributed by atoms with Crippen molar-refractivity contribution in [2.75, 3.05) is 0 Å². The lowest BCUT2D eigenvalue weighted by Crippen LogP contribution is -2.08. The minimum atomic E-state index is -0.536. The molecule has 0 atom stereocenters. The zero-order valence-corrected chi connectivity index (χ0v) is 12.4. The summed E-state index contributed by atoms with van der Waals surface area (Å²) in [5.41, 5.74) is 0.284. The molecule has 0 radical (unpaired) electrons. The summed E-state index contributed by atoms with van der Waals surface area (Å²) >= 11 is 0. The van der Waals surface area contributed by atoms with E-state index in [1.165, 1.54) is 32.0 Å². The van der Waals surface area contributed by atoms with Crippen LogP contribution in [0.1, 0.15) is 13.8 Å². The Kier molecular flexibility index (Phi) is 3.57. The van der Waals surface area contributed by atoms with Gasteiger partial charge in [-0.15, -0.1) is 0 Å². The fourth-order valence-electron chi connectivity index (χ4n) is 2.32. The molecule has 3 rings (SSSR count). The van der Waals surface area contributed by atoms with Crippen molar-refractivity contribution in [2.45, 2.75) is 13.8 Å². The number of carbonyl (C=O) groups is 2. The van der Waals surface area contributed by atoms with Gasteiger partial charge in [-0.1, -0.05) is 6.07 Å². The van der Waals surface area contributed by atoms with Crippen LogP contribution in [0.15, 0.2) is 45.6 Å². The highest BCUT2D eigenvalue weighted by molar-refractivity contribution is 5.94. The summed E-state index contributed by atoms with van der Waals surface area (Å²) < 4.78 is 15.7. The molecule has 0 aliphatic carbocycles. The van der Waals surface area contributed by atoms with Crippen molar-refractivity contribution < 1.29 is 23.5 Å². The zero-order valence-electron chi connectivity index (χ0n) is 12.4. The quantitative estimate of drug-likeness (QED) is 0.411. The summed E-state index contributed by atoms with van der Waals surface area (Å²) in [5.74, 6) is -0.661. The van der Waals surface area contributed by atoms with Crippen LogP contribution in [0, 0.1) is 0 Å². The van der Waals surface area contributed by atoms with E-state index in [9.17, 15) is 14.4 Å². The van der Waals surface area contributed by atoms with Crippen molar-refractivity contribution in [3.63, 3.8) is 0 Å². The highest BCUT2D eigenvalue weighted by Gasteiger charge is 2.14. The molecule has 0 saturated heterocycles. The Labute approximate surface area is 130 Å². The molecular weight excluding hydrogens is 300 g/mol. The molecule has 6 heteroatoms. The fourth-order valence-corrected chi connectivity index (χ4v) is 2.32. The van der Waals surface area contributed by atoms with E-state index in [-0.39, 0.29) is 27.7 Å². The zero-order chi connectivity index (χ0) is 16.6. The Morgan fingerprint density at radius 1 is 0.957 bits per heavy atom. The monoisotopic (exact) mass is 312 g/mol. The smallest absolute Gasteiger partial charge is 0.308 e. The van der Waals surface area contributed by atoms with Crippen molar-refractivity contribution >= 4 is 33.9 Å². The predicted molar refractivity (Wildman–Crippen MR) is 82.6 cm³/mol. The van der Waals surface area contributed by atoms with Crippen molar-refractivity contribution in [2.24, 2.45) is 0 Å². The molecule has 0 unspecified atom stereocenters. The number of hydrogen-bond acceptors (Lipinski definition) is 6. The summed E-state index contributed by atoms with van der Waals surface area (Å²) in [7, 11) is 0. The van der Waals surface area contributed by atoms with Gasteiger partial charge >= 0.3 is 11.9 Å². The van der Waals surface area contributed by atoms with Crippen molar-refractivity contribution in [3.8, 4) is 11.5 Å². The first-order chi connectivity index (χ1) is 11.0. The van der Waals surface area contributed by atoms with Crippen LogP contribution in [0.25, 0.3) is 21.9 Å². The van der Waals surface area contributed by atoms with Gasteiger partial charge in [0.05, 0.1) is 5.39 Å². The minimum absolute atomic E-state index is 0.128. The van der Waals surface area contributed by atoms with Crippen molar-refractivity contribution in [1.82, 2.24) is 0 Å². The first-order valence-electron chi connectivity index (χ1n) is 6.82. The SMILES string of the molecule is CC(=O)Oc1ccc2oc3cccc(OC(C)=O)c3c(=O)c2c1. The lowest BCUT2D eigenvalue weighted by molar-refractivity contribution is -0.132. The Balaban J connectivity index is 2.31. The third-order valence-corrected chi connectivity index (χ3v) is 3.15. The van der Waals surface area contributed by atoms with Crippen LogP contribution < -0.4 is 14.9 Å². The molecule has 23 heavy (non-hydrogen) atoms. The number of benzene rings is 2. The molecule has 0 aliphatic heterocycles. The van der Waals surface area contributed by atoms with E-state index in [1.807, 2.05) is 0 Å². The maximum absolute atomic E-state index is 12.7.